The molecule has 0 spiro atoms. The van der Waals surface area contributed by atoms with Crippen molar-refractivity contribution in [3.8, 4) is 0 Å². The Kier molecular flexibility index (Phi) is 4.66. The topological polar surface area (TPSA) is 61.3 Å². The molecule has 0 aliphatic carbocycles. The third-order valence-corrected chi connectivity index (χ3v) is 5.48. The van der Waals surface area contributed by atoms with Crippen LogP contribution in [-0.4, -0.2) is 42.0 Å². The monoisotopic (exact) mass is 512 g/mol. The summed E-state index contributed by atoms with van der Waals surface area (Å²) in [6.07, 6.45) is 0. The number of piperazine rings is 1. The zero-order chi connectivity index (χ0) is 15.0. The fourth-order valence-corrected chi connectivity index (χ4v) is 3.29. The van der Waals surface area contributed by atoms with Gasteiger partial charge in [-0.25, -0.2) is 7.91 Å². The van der Waals surface area contributed by atoms with Gasteiger partial charge in [0.2, 0.25) is 0 Å². The minimum atomic E-state index is -0.385. The van der Waals surface area contributed by atoms with E-state index in [0.717, 1.165) is 41.1 Å². The average molecular weight is 512 g/mol. The first-order valence-corrected chi connectivity index (χ1v) is 8.55. The van der Waals surface area contributed by atoms with Gasteiger partial charge in [-0.1, -0.05) is 6.07 Å². The molecule has 1 aliphatic rings. The Morgan fingerprint density at radius 1 is 1.10 bits per heavy atom. The van der Waals surface area contributed by atoms with Crippen LogP contribution < -0.4 is 11.2 Å². The highest BCUT2D eigenvalue weighted by atomic mass is 127. The molecule has 2 aromatic rings. The number of aromatic nitrogens is 2. The number of halogens is 2. The maximum absolute atomic E-state index is 12.0. The average Bonchev–Trinajstić information content (AvgIpc) is 2.47. The standard InChI is InChI=1S/C13H14I2N4O2/c14-18-5-3-17(4-6-18)8-9-1-2-10-11(7-9)16-13(21)19(15)12(10)20/h1-2,7H,3-6,8H2,(H,16,21). The molecular formula is C13H14I2N4O2. The summed E-state index contributed by atoms with van der Waals surface area (Å²) in [5.74, 6) is 0. The molecule has 8 heteroatoms. The fourth-order valence-electron chi connectivity index (χ4n) is 2.48. The predicted molar refractivity (Wildman–Crippen MR) is 99.1 cm³/mol. The lowest BCUT2D eigenvalue weighted by Gasteiger charge is -2.31. The van der Waals surface area contributed by atoms with Crippen LogP contribution in [-0.2, 0) is 6.54 Å². The lowest BCUT2D eigenvalue weighted by Crippen LogP contribution is -2.41. The van der Waals surface area contributed by atoms with E-state index in [1.54, 1.807) is 28.9 Å². The lowest BCUT2D eigenvalue weighted by atomic mass is 10.1. The molecule has 6 nitrogen and oxygen atoms in total. The summed E-state index contributed by atoms with van der Waals surface area (Å²) < 4.78 is 3.36. The van der Waals surface area contributed by atoms with Crippen LogP contribution in [0.2, 0.25) is 0 Å². The molecule has 0 atom stereocenters. The first-order chi connectivity index (χ1) is 10.0. The van der Waals surface area contributed by atoms with Crippen LogP contribution in [0, 0.1) is 0 Å². The fraction of sp³-hybridized carbons (Fsp3) is 0.385. The SMILES string of the molecule is O=c1[nH]c2cc(CN3CCN(I)CC3)ccc2c(=O)n1I. The molecule has 0 bridgehead atoms. The Morgan fingerprint density at radius 3 is 2.52 bits per heavy atom. The predicted octanol–water partition coefficient (Wildman–Crippen LogP) is 1.36. The van der Waals surface area contributed by atoms with Gasteiger partial charge >= 0.3 is 5.69 Å². The number of nitrogens with one attached hydrogen (secondary N) is 1. The van der Waals surface area contributed by atoms with Gasteiger partial charge in [0.1, 0.15) is 0 Å². The van der Waals surface area contributed by atoms with Gasteiger partial charge in [0, 0.05) is 55.6 Å². The van der Waals surface area contributed by atoms with Crippen molar-refractivity contribution < 1.29 is 0 Å². The van der Waals surface area contributed by atoms with Gasteiger partial charge < -0.3 is 4.98 Å². The van der Waals surface area contributed by atoms with Crippen LogP contribution in [0.15, 0.2) is 27.8 Å². The second-order valence-corrected chi connectivity index (χ2v) is 7.41. The van der Waals surface area contributed by atoms with Crippen LogP contribution in [0.4, 0.5) is 0 Å². The van der Waals surface area contributed by atoms with Gasteiger partial charge in [0.25, 0.3) is 5.56 Å². The van der Waals surface area contributed by atoms with E-state index in [-0.39, 0.29) is 11.2 Å². The van der Waals surface area contributed by atoms with E-state index in [9.17, 15) is 9.59 Å². The minimum Gasteiger partial charge on any atom is -0.306 e. The summed E-state index contributed by atoms with van der Waals surface area (Å²) in [6, 6.07) is 5.67. The van der Waals surface area contributed by atoms with Crippen LogP contribution >= 0.6 is 45.7 Å². The van der Waals surface area contributed by atoms with Gasteiger partial charge in [-0.15, -0.1) is 0 Å². The number of hydrogen-bond acceptors (Lipinski definition) is 4. The highest BCUT2D eigenvalue weighted by molar-refractivity contribution is 14.1. The zero-order valence-electron chi connectivity index (χ0n) is 11.2. The van der Waals surface area contributed by atoms with E-state index >= 15 is 0 Å². The number of aromatic amines is 1. The Hall–Kier alpha value is -0.460. The van der Waals surface area contributed by atoms with E-state index in [2.05, 4.69) is 35.9 Å². The molecule has 1 N–H and O–H groups in total. The lowest BCUT2D eigenvalue weighted by molar-refractivity contribution is 0.198. The molecule has 0 saturated carbocycles. The minimum absolute atomic E-state index is 0.264. The van der Waals surface area contributed by atoms with Crippen LogP contribution in [0.3, 0.4) is 0 Å². The number of rotatable bonds is 2. The van der Waals surface area contributed by atoms with E-state index in [1.165, 1.54) is 0 Å². The summed E-state index contributed by atoms with van der Waals surface area (Å²) in [6.45, 7) is 5.03. The Balaban J connectivity index is 1.89. The van der Waals surface area contributed by atoms with Crippen molar-refractivity contribution in [1.29, 1.82) is 0 Å². The Morgan fingerprint density at radius 2 is 1.81 bits per heavy atom. The van der Waals surface area contributed by atoms with Crippen molar-refractivity contribution in [3.63, 3.8) is 0 Å². The molecule has 0 radical (unpaired) electrons. The summed E-state index contributed by atoms with van der Waals surface area (Å²) in [7, 11) is 0. The quantitative estimate of drug-likeness (QED) is 0.488. The van der Waals surface area contributed by atoms with Crippen LogP contribution in [0.5, 0.6) is 0 Å². The summed E-state index contributed by atoms with van der Waals surface area (Å²) >= 11 is 4.07. The molecule has 2 heterocycles. The maximum Gasteiger partial charge on any atom is 0.337 e. The number of benzene rings is 1. The molecule has 21 heavy (non-hydrogen) atoms. The van der Waals surface area contributed by atoms with Crippen molar-refractivity contribution >= 4 is 56.6 Å². The summed E-state index contributed by atoms with van der Waals surface area (Å²) in [5, 5.41) is 0.546. The number of H-pyrrole nitrogens is 1. The van der Waals surface area contributed by atoms with E-state index in [0.29, 0.717) is 10.9 Å². The van der Waals surface area contributed by atoms with Gasteiger partial charge in [0.05, 0.1) is 33.8 Å². The first kappa shape index (κ1) is 15.4. The number of hydrogen-bond donors (Lipinski definition) is 1. The van der Waals surface area contributed by atoms with Crippen molar-refractivity contribution in [3.05, 3.63) is 44.6 Å². The third kappa shape index (κ3) is 3.32. The molecule has 1 aromatic heterocycles. The molecule has 112 valence electrons. The highest BCUT2D eigenvalue weighted by Gasteiger charge is 2.15. The molecule has 0 unspecified atom stereocenters. The largest absolute Gasteiger partial charge is 0.337 e. The maximum atomic E-state index is 12.0. The van der Waals surface area contributed by atoms with Crippen molar-refractivity contribution in [2.45, 2.75) is 6.54 Å². The summed E-state index contributed by atoms with van der Waals surface area (Å²) in [4.78, 5) is 28.8. The van der Waals surface area contributed by atoms with Crippen LogP contribution in [0.1, 0.15) is 5.56 Å². The number of fused-ring (bicyclic) bond motifs is 1. The molecular weight excluding hydrogens is 498 g/mol. The normalized spacial score (nSPS) is 17.4. The van der Waals surface area contributed by atoms with Crippen molar-refractivity contribution in [2.75, 3.05) is 26.2 Å². The van der Waals surface area contributed by atoms with Gasteiger partial charge in [-0.3, -0.25) is 9.69 Å². The molecule has 1 fully saturated rings. The number of nitrogens with zero attached hydrogens (tertiary/aromatic N) is 3. The van der Waals surface area contributed by atoms with Crippen molar-refractivity contribution in [2.24, 2.45) is 0 Å². The van der Waals surface area contributed by atoms with Crippen LogP contribution in [0.25, 0.3) is 10.9 Å². The van der Waals surface area contributed by atoms with E-state index < -0.39 is 0 Å². The molecule has 1 aliphatic heterocycles. The molecule has 1 saturated heterocycles. The smallest absolute Gasteiger partial charge is 0.306 e. The van der Waals surface area contributed by atoms with E-state index in [4.69, 9.17) is 0 Å². The second kappa shape index (κ2) is 6.34. The molecule has 3 rings (SSSR count). The van der Waals surface area contributed by atoms with Crippen molar-refractivity contribution in [1.82, 2.24) is 15.8 Å². The summed E-state index contributed by atoms with van der Waals surface area (Å²) in [5.41, 5.74) is 1.08. The molecule has 0 amide bonds. The molecule has 1 aromatic carbocycles. The third-order valence-electron chi connectivity index (χ3n) is 3.64. The highest BCUT2D eigenvalue weighted by Crippen LogP contribution is 2.14. The Bertz CT molecular complexity index is 778. The van der Waals surface area contributed by atoms with Gasteiger partial charge in [0.15, 0.2) is 0 Å². The first-order valence-electron chi connectivity index (χ1n) is 6.62. The van der Waals surface area contributed by atoms with Gasteiger partial charge in [-0.2, -0.15) is 2.78 Å². The Labute approximate surface area is 149 Å². The van der Waals surface area contributed by atoms with E-state index in [1.807, 2.05) is 12.1 Å². The zero-order valence-corrected chi connectivity index (χ0v) is 15.5. The second-order valence-electron chi connectivity index (χ2n) is 5.08. The van der Waals surface area contributed by atoms with Gasteiger partial charge in [-0.05, 0) is 17.7 Å².